The monoisotopic (exact) mass is 396 g/mol. The number of benzene rings is 1. The highest BCUT2D eigenvalue weighted by atomic mass is 32.1. The van der Waals surface area contributed by atoms with Crippen LogP contribution in [0.15, 0.2) is 24.3 Å². The van der Waals surface area contributed by atoms with E-state index in [9.17, 15) is 4.79 Å². The van der Waals surface area contributed by atoms with Gasteiger partial charge in [0.15, 0.2) is 0 Å². The van der Waals surface area contributed by atoms with Crippen LogP contribution in [-0.2, 0) is 0 Å². The van der Waals surface area contributed by atoms with Gasteiger partial charge in [-0.1, -0.05) is 65.5 Å². The summed E-state index contributed by atoms with van der Waals surface area (Å²) in [5.74, 6) is -0.0255. The maximum absolute atomic E-state index is 10.6. The van der Waals surface area contributed by atoms with E-state index in [4.69, 9.17) is 5.11 Å². The van der Waals surface area contributed by atoms with Crippen molar-refractivity contribution < 1.29 is 14.4 Å². The quantitative estimate of drug-likeness (QED) is 0.296. The van der Waals surface area contributed by atoms with Gasteiger partial charge in [0.2, 0.25) is 5.12 Å². The molecule has 1 aromatic carbocycles. The number of thiol groups is 1. The zero-order valence-electron chi connectivity index (χ0n) is 18.0. The number of phenolic OH excluding ortho intramolecular Hbond substituents is 1. The number of aromatic hydroxyl groups is 1. The van der Waals surface area contributed by atoms with Gasteiger partial charge >= 0.3 is 0 Å². The molecular weight excluding hydrogens is 354 g/mol. The summed E-state index contributed by atoms with van der Waals surface area (Å²) in [4.78, 5) is 10.6. The molecule has 0 aliphatic heterocycles. The van der Waals surface area contributed by atoms with E-state index < -0.39 is 5.12 Å². The molecule has 1 N–H and O–H groups in total. The highest BCUT2D eigenvalue weighted by Crippen LogP contribution is 2.17. The van der Waals surface area contributed by atoms with E-state index >= 15 is 0 Å². The fraction of sp³-hybridized carbons (Fsp3) is 0.696. The van der Waals surface area contributed by atoms with Crippen molar-refractivity contribution in [2.75, 3.05) is 26.2 Å². The molecule has 1 rings (SSSR count). The van der Waals surface area contributed by atoms with Gasteiger partial charge in [-0.3, -0.25) is 4.79 Å². The molecule has 0 heterocycles. The second-order valence-electron chi connectivity index (χ2n) is 7.47. The molecule has 0 fully saturated rings. The highest BCUT2D eigenvalue weighted by Gasteiger charge is 2.24. The number of carbonyl (C=O) groups is 1. The van der Waals surface area contributed by atoms with Gasteiger partial charge in [0.1, 0.15) is 5.75 Å². The van der Waals surface area contributed by atoms with Crippen LogP contribution in [0.25, 0.3) is 0 Å². The number of rotatable bonds is 13. The van der Waals surface area contributed by atoms with Gasteiger partial charge in [-0.25, -0.2) is 0 Å². The number of carbonyl (C=O) groups excluding carboxylic acids is 1. The number of hydrogen-bond donors (Lipinski definition) is 2. The largest absolute Gasteiger partial charge is 0.507 e. The van der Waals surface area contributed by atoms with Crippen LogP contribution >= 0.6 is 12.6 Å². The zero-order valence-corrected chi connectivity index (χ0v) is 18.9. The smallest absolute Gasteiger partial charge is 0.220 e. The topological polar surface area (TPSA) is 37.3 Å². The SMILES string of the molecule is CCCC[N+](CCCC)(CCCC)CCCC.O=C(S)c1ccccc1O. The summed E-state index contributed by atoms with van der Waals surface area (Å²) in [6.07, 6.45) is 11.1. The minimum absolute atomic E-state index is 0.0255. The molecule has 0 radical (unpaired) electrons. The number of phenols is 1. The van der Waals surface area contributed by atoms with Crippen molar-refractivity contribution in [2.24, 2.45) is 0 Å². The summed E-state index contributed by atoms with van der Waals surface area (Å²) in [7, 11) is 0. The Morgan fingerprint density at radius 1 is 0.815 bits per heavy atom. The Kier molecular flexibility index (Phi) is 15.4. The molecule has 27 heavy (non-hydrogen) atoms. The van der Waals surface area contributed by atoms with Crippen molar-refractivity contribution in [1.82, 2.24) is 0 Å². The van der Waals surface area contributed by atoms with Crippen LogP contribution in [0.5, 0.6) is 5.75 Å². The summed E-state index contributed by atoms with van der Waals surface area (Å²) in [5, 5.41) is 8.59. The lowest BCUT2D eigenvalue weighted by Gasteiger charge is -2.39. The van der Waals surface area contributed by atoms with E-state index in [1.807, 2.05) is 0 Å². The van der Waals surface area contributed by atoms with Crippen molar-refractivity contribution in [2.45, 2.75) is 79.1 Å². The number of quaternary nitrogens is 1. The predicted molar refractivity (Wildman–Crippen MR) is 121 cm³/mol. The first kappa shape index (κ1) is 26.0. The average molecular weight is 397 g/mol. The molecule has 4 heteroatoms. The van der Waals surface area contributed by atoms with Gasteiger partial charge < -0.3 is 9.59 Å². The van der Waals surface area contributed by atoms with E-state index in [1.165, 1.54) is 94.2 Å². The predicted octanol–water partition coefficient (Wildman–Crippen LogP) is 6.47. The summed E-state index contributed by atoms with van der Waals surface area (Å²) in [6, 6.07) is 6.28. The van der Waals surface area contributed by atoms with E-state index in [0.29, 0.717) is 0 Å². The molecule has 0 amide bonds. The van der Waals surface area contributed by atoms with Crippen molar-refractivity contribution in [3.05, 3.63) is 29.8 Å². The Labute approximate surface area is 173 Å². The van der Waals surface area contributed by atoms with Gasteiger partial charge in [0.05, 0.1) is 31.7 Å². The molecule has 0 unspecified atom stereocenters. The molecule has 0 bridgehead atoms. The minimum atomic E-state index is -0.418. The Morgan fingerprint density at radius 3 is 1.44 bits per heavy atom. The summed E-state index contributed by atoms with van der Waals surface area (Å²) in [6.45, 7) is 15.0. The first-order valence-corrected chi connectivity index (χ1v) is 11.3. The van der Waals surface area contributed by atoms with Gasteiger partial charge in [-0.05, 0) is 37.8 Å². The Bertz CT molecular complexity index is 467. The lowest BCUT2D eigenvalue weighted by atomic mass is 10.1. The standard InChI is InChI=1S/C16H36N.C7H6O2S/c1-5-9-13-17(14-10-6-2,15-11-7-3)16-12-8-4;8-6-4-2-1-3-5(6)7(9)10/h5-16H2,1-4H3;1-4,8H,(H,9,10)/q+1;. The molecule has 0 saturated heterocycles. The fourth-order valence-corrected chi connectivity index (χ4v) is 3.49. The lowest BCUT2D eigenvalue weighted by molar-refractivity contribution is -0.929. The molecule has 0 saturated carbocycles. The maximum Gasteiger partial charge on any atom is 0.220 e. The summed E-state index contributed by atoms with van der Waals surface area (Å²) in [5.41, 5.74) is 0.242. The Morgan fingerprint density at radius 2 is 1.19 bits per heavy atom. The second-order valence-corrected chi connectivity index (χ2v) is 7.88. The summed E-state index contributed by atoms with van der Waals surface area (Å²) >= 11 is 3.56. The van der Waals surface area contributed by atoms with E-state index in [0.717, 1.165) is 0 Å². The Balaban J connectivity index is 0.000000569. The lowest BCUT2D eigenvalue weighted by Crippen LogP contribution is -2.50. The normalized spacial score (nSPS) is 11.0. The maximum atomic E-state index is 10.6. The third kappa shape index (κ3) is 11.4. The van der Waals surface area contributed by atoms with Crippen molar-refractivity contribution >= 4 is 17.7 Å². The Hall–Kier alpha value is -1.00. The molecule has 3 nitrogen and oxygen atoms in total. The fourth-order valence-electron chi connectivity index (χ4n) is 3.30. The van der Waals surface area contributed by atoms with Crippen molar-refractivity contribution in [3.8, 4) is 5.75 Å². The van der Waals surface area contributed by atoms with E-state index in [-0.39, 0.29) is 11.3 Å². The van der Waals surface area contributed by atoms with Crippen LogP contribution in [0.4, 0.5) is 0 Å². The molecular formula is C23H42NO2S+. The third-order valence-electron chi connectivity index (χ3n) is 5.08. The van der Waals surface area contributed by atoms with Crippen LogP contribution in [0.3, 0.4) is 0 Å². The number of nitrogens with zero attached hydrogens (tertiary/aromatic N) is 1. The first-order valence-electron chi connectivity index (χ1n) is 10.8. The number of unbranched alkanes of at least 4 members (excludes halogenated alkanes) is 4. The van der Waals surface area contributed by atoms with Crippen LogP contribution in [0.1, 0.15) is 89.4 Å². The third-order valence-corrected chi connectivity index (χ3v) is 5.32. The second kappa shape index (κ2) is 16.0. The van der Waals surface area contributed by atoms with Crippen LogP contribution in [0.2, 0.25) is 0 Å². The van der Waals surface area contributed by atoms with Crippen LogP contribution in [-0.4, -0.2) is 40.9 Å². The molecule has 1 aromatic rings. The average Bonchev–Trinajstić information content (AvgIpc) is 2.67. The van der Waals surface area contributed by atoms with Gasteiger partial charge in [0, 0.05) is 0 Å². The van der Waals surface area contributed by atoms with Crippen molar-refractivity contribution in [1.29, 1.82) is 0 Å². The molecule has 0 aliphatic rings. The van der Waals surface area contributed by atoms with Crippen LogP contribution in [0, 0.1) is 0 Å². The van der Waals surface area contributed by atoms with E-state index in [1.54, 1.807) is 12.1 Å². The van der Waals surface area contributed by atoms with Gasteiger partial charge in [-0.15, -0.1) is 12.6 Å². The number of hydrogen-bond acceptors (Lipinski definition) is 2. The zero-order chi connectivity index (χ0) is 20.5. The first-order chi connectivity index (χ1) is 13.0. The molecule has 0 atom stereocenters. The molecule has 0 aromatic heterocycles. The van der Waals surface area contributed by atoms with Crippen LogP contribution < -0.4 is 0 Å². The molecule has 156 valence electrons. The van der Waals surface area contributed by atoms with E-state index in [2.05, 4.69) is 40.3 Å². The minimum Gasteiger partial charge on any atom is -0.507 e. The van der Waals surface area contributed by atoms with Gasteiger partial charge in [0.25, 0.3) is 0 Å². The molecule has 0 spiro atoms. The highest BCUT2D eigenvalue weighted by molar-refractivity contribution is 7.97. The number of para-hydroxylation sites is 1. The van der Waals surface area contributed by atoms with Crippen molar-refractivity contribution in [3.63, 3.8) is 0 Å². The van der Waals surface area contributed by atoms with Gasteiger partial charge in [-0.2, -0.15) is 0 Å². The molecule has 0 aliphatic carbocycles. The summed E-state index contributed by atoms with van der Waals surface area (Å²) < 4.78 is 1.42.